The average molecular weight is 417 g/mol. The molecule has 0 aromatic heterocycles. The number of nitrogens with one attached hydrogen (secondary N) is 1. The molecule has 2 aromatic rings. The fourth-order valence-corrected chi connectivity index (χ4v) is 4.93. The van der Waals surface area contributed by atoms with Crippen molar-refractivity contribution >= 4 is 21.6 Å². The molecule has 156 valence electrons. The van der Waals surface area contributed by atoms with E-state index in [0.717, 1.165) is 25.7 Å². The van der Waals surface area contributed by atoms with Crippen LogP contribution in [0.2, 0.25) is 0 Å². The molecule has 29 heavy (non-hydrogen) atoms. The Bertz CT molecular complexity index is 908. The number of sulfonamides is 1. The Morgan fingerprint density at radius 2 is 1.66 bits per heavy atom. The molecule has 1 unspecified atom stereocenters. The minimum Gasteiger partial charge on any atom is -0.481 e. The van der Waals surface area contributed by atoms with Crippen molar-refractivity contribution in [1.82, 2.24) is 4.31 Å². The van der Waals surface area contributed by atoms with E-state index in [2.05, 4.69) is 5.32 Å². The number of carbonyl (C=O) groups is 1. The highest BCUT2D eigenvalue weighted by Gasteiger charge is 2.29. The van der Waals surface area contributed by atoms with Crippen LogP contribution < -0.4 is 10.1 Å². The minimum atomic E-state index is -3.54. The second kappa shape index (κ2) is 9.41. The van der Waals surface area contributed by atoms with Gasteiger partial charge < -0.3 is 10.1 Å². The maximum absolute atomic E-state index is 12.9. The average Bonchev–Trinajstić information content (AvgIpc) is 2.75. The molecule has 1 aliphatic rings. The molecule has 1 saturated carbocycles. The summed E-state index contributed by atoms with van der Waals surface area (Å²) in [5.41, 5.74) is 0.526. The summed E-state index contributed by atoms with van der Waals surface area (Å²) in [5, 5.41) is 2.76. The molecule has 1 fully saturated rings. The van der Waals surface area contributed by atoms with Crippen molar-refractivity contribution in [3.05, 3.63) is 54.6 Å². The van der Waals surface area contributed by atoms with Crippen LogP contribution in [0.25, 0.3) is 0 Å². The number of hydrogen-bond donors (Lipinski definition) is 1. The maximum Gasteiger partial charge on any atom is 0.265 e. The van der Waals surface area contributed by atoms with Crippen LogP contribution in [-0.2, 0) is 14.8 Å². The molecule has 0 bridgehead atoms. The molecule has 1 atom stereocenters. The highest BCUT2D eigenvalue weighted by molar-refractivity contribution is 7.89. The third-order valence-electron chi connectivity index (χ3n) is 5.31. The predicted octanol–water partition coefficient (Wildman–Crippen LogP) is 4.05. The summed E-state index contributed by atoms with van der Waals surface area (Å²) in [5.74, 6) is 0.311. The first kappa shape index (κ1) is 21.3. The smallest absolute Gasteiger partial charge is 0.265 e. The zero-order chi connectivity index (χ0) is 20.9. The summed E-state index contributed by atoms with van der Waals surface area (Å²) in [4.78, 5) is 12.6. The van der Waals surface area contributed by atoms with Gasteiger partial charge in [-0.15, -0.1) is 0 Å². The number of amides is 1. The van der Waals surface area contributed by atoms with Gasteiger partial charge in [0.25, 0.3) is 5.91 Å². The molecule has 1 amide bonds. The third-order valence-corrected chi connectivity index (χ3v) is 7.24. The standard InChI is InChI=1S/C22H28N2O4S/c1-17(28-20-11-7-4-8-12-20)22(25)23-18-13-15-21(16-14-18)29(26,27)24(2)19-9-5-3-6-10-19/h4,7-8,11-17,19H,3,5-6,9-10H2,1-2H3,(H,23,25). The number of carbonyl (C=O) groups excluding carboxylic acids is 1. The summed E-state index contributed by atoms with van der Waals surface area (Å²) in [6.07, 6.45) is 4.44. The van der Waals surface area contributed by atoms with Crippen LogP contribution in [0.3, 0.4) is 0 Å². The molecular formula is C22H28N2O4S. The molecule has 0 saturated heterocycles. The van der Waals surface area contributed by atoms with E-state index in [0.29, 0.717) is 11.4 Å². The van der Waals surface area contributed by atoms with Crippen molar-refractivity contribution in [3.63, 3.8) is 0 Å². The molecule has 6 nitrogen and oxygen atoms in total. The lowest BCUT2D eigenvalue weighted by atomic mass is 9.96. The van der Waals surface area contributed by atoms with Crippen LogP contribution >= 0.6 is 0 Å². The van der Waals surface area contributed by atoms with Crippen LogP contribution in [-0.4, -0.2) is 37.8 Å². The summed E-state index contributed by atoms with van der Waals surface area (Å²) in [7, 11) is -1.89. The van der Waals surface area contributed by atoms with Gasteiger partial charge in [0, 0.05) is 18.8 Å². The largest absolute Gasteiger partial charge is 0.481 e. The van der Waals surface area contributed by atoms with Gasteiger partial charge in [-0.3, -0.25) is 4.79 Å². The van der Waals surface area contributed by atoms with Gasteiger partial charge >= 0.3 is 0 Å². The summed E-state index contributed by atoms with van der Waals surface area (Å²) < 4.78 is 32.9. The highest BCUT2D eigenvalue weighted by atomic mass is 32.2. The van der Waals surface area contributed by atoms with Crippen molar-refractivity contribution in [2.75, 3.05) is 12.4 Å². The van der Waals surface area contributed by atoms with Gasteiger partial charge in [-0.05, 0) is 56.2 Å². The molecule has 0 aliphatic heterocycles. The number of ether oxygens (including phenoxy) is 1. The number of benzene rings is 2. The van der Waals surface area contributed by atoms with E-state index in [-0.39, 0.29) is 16.8 Å². The van der Waals surface area contributed by atoms with Crippen molar-refractivity contribution in [2.45, 2.75) is 56.1 Å². The molecule has 7 heteroatoms. The lowest BCUT2D eigenvalue weighted by molar-refractivity contribution is -0.122. The molecule has 1 N–H and O–H groups in total. The number of para-hydroxylation sites is 1. The van der Waals surface area contributed by atoms with Crippen molar-refractivity contribution in [1.29, 1.82) is 0 Å². The fraction of sp³-hybridized carbons (Fsp3) is 0.409. The van der Waals surface area contributed by atoms with E-state index in [9.17, 15) is 13.2 Å². The van der Waals surface area contributed by atoms with Gasteiger partial charge in [0.05, 0.1) is 4.90 Å². The SMILES string of the molecule is CC(Oc1ccccc1)C(=O)Nc1ccc(S(=O)(=O)N(C)C2CCCCC2)cc1. The Morgan fingerprint density at radius 3 is 2.28 bits per heavy atom. The van der Waals surface area contributed by atoms with Gasteiger partial charge in [-0.1, -0.05) is 37.5 Å². The first-order valence-corrected chi connectivity index (χ1v) is 11.4. The van der Waals surface area contributed by atoms with Crippen LogP contribution in [0.4, 0.5) is 5.69 Å². The van der Waals surface area contributed by atoms with Gasteiger partial charge in [0.1, 0.15) is 5.75 Å². The lowest BCUT2D eigenvalue weighted by Gasteiger charge is -2.30. The molecule has 0 spiro atoms. The van der Waals surface area contributed by atoms with Crippen molar-refractivity contribution < 1.29 is 17.9 Å². The zero-order valence-corrected chi connectivity index (χ0v) is 17.7. The predicted molar refractivity (Wildman–Crippen MR) is 113 cm³/mol. The first-order valence-electron chi connectivity index (χ1n) is 9.98. The van der Waals surface area contributed by atoms with E-state index in [4.69, 9.17) is 4.74 Å². The van der Waals surface area contributed by atoms with Crippen LogP contribution in [0.1, 0.15) is 39.0 Å². The summed E-state index contributed by atoms with van der Waals surface area (Å²) >= 11 is 0. The highest BCUT2D eigenvalue weighted by Crippen LogP contribution is 2.27. The molecule has 0 heterocycles. The van der Waals surface area contributed by atoms with E-state index in [1.165, 1.54) is 22.9 Å². The quantitative estimate of drug-likeness (QED) is 0.739. The number of hydrogen-bond acceptors (Lipinski definition) is 4. The monoisotopic (exact) mass is 416 g/mol. The molecule has 2 aromatic carbocycles. The van der Waals surface area contributed by atoms with Gasteiger partial charge in [0.15, 0.2) is 6.10 Å². The second-order valence-electron chi connectivity index (χ2n) is 7.40. The van der Waals surface area contributed by atoms with Gasteiger partial charge in [-0.2, -0.15) is 4.31 Å². The molecular weight excluding hydrogens is 388 g/mol. The fourth-order valence-electron chi connectivity index (χ4n) is 3.52. The Kier molecular flexibility index (Phi) is 6.92. The Labute approximate surface area is 172 Å². The van der Waals surface area contributed by atoms with E-state index < -0.39 is 16.1 Å². The normalized spacial score (nSPS) is 16.4. The summed E-state index contributed by atoms with van der Waals surface area (Å²) in [6.45, 7) is 1.67. The summed E-state index contributed by atoms with van der Waals surface area (Å²) in [6, 6.07) is 15.5. The van der Waals surface area contributed by atoms with E-state index in [1.807, 2.05) is 18.2 Å². The Morgan fingerprint density at radius 1 is 1.03 bits per heavy atom. The van der Waals surface area contributed by atoms with Crippen LogP contribution in [0.5, 0.6) is 5.75 Å². The second-order valence-corrected chi connectivity index (χ2v) is 9.40. The number of anilines is 1. The lowest BCUT2D eigenvalue weighted by Crippen LogP contribution is -2.38. The molecule has 1 aliphatic carbocycles. The Hall–Kier alpha value is -2.38. The van der Waals surface area contributed by atoms with Gasteiger partial charge in [0.2, 0.25) is 10.0 Å². The number of rotatable bonds is 7. The molecule has 3 rings (SSSR count). The molecule has 0 radical (unpaired) electrons. The van der Waals surface area contributed by atoms with Gasteiger partial charge in [-0.25, -0.2) is 8.42 Å². The van der Waals surface area contributed by atoms with Crippen LogP contribution in [0.15, 0.2) is 59.5 Å². The minimum absolute atomic E-state index is 0.0594. The zero-order valence-electron chi connectivity index (χ0n) is 16.9. The number of nitrogens with zero attached hydrogens (tertiary/aromatic N) is 1. The van der Waals surface area contributed by atoms with Crippen LogP contribution in [0, 0.1) is 0 Å². The van der Waals surface area contributed by atoms with E-state index >= 15 is 0 Å². The maximum atomic E-state index is 12.9. The Balaban J connectivity index is 1.62. The first-order chi connectivity index (χ1) is 13.9. The third kappa shape index (κ3) is 5.36. The topological polar surface area (TPSA) is 75.7 Å². The van der Waals surface area contributed by atoms with Crippen molar-refractivity contribution in [2.24, 2.45) is 0 Å². The van der Waals surface area contributed by atoms with Crippen molar-refractivity contribution in [3.8, 4) is 5.75 Å². The van der Waals surface area contributed by atoms with E-state index in [1.54, 1.807) is 38.2 Å².